The van der Waals surface area contributed by atoms with Gasteiger partial charge in [-0.05, 0) is 131 Å². The Labute approximate surface area is 369 Å². The predicted octanol–water partition coefficient (Wildman–Crippen LogP) is 11.4. The van der Waals surface area contributed by atoms with E-state index >= 15 is 0 Å². The van der Waals surface area contributed by atoms with Crippen LogP contribution in [0.2, 0.25) is 0 Å². The SMILES string of the molecule is Cc1cc(C)c(B2c3cc4cc(C(C)(C)C)ccc4cc3N3c4cccc5c4N(c4cc6ccc(C(C)(C)C)cc6cc4B5c4c(C)cc(C)cc4C)c4cccc2c43)c(C)c1. The first kappa shape index (κ1) is 38.9. The van der Waals surface area contributed by atoms with E-state index in [2.05, 4.69) is 214 Å². The highest BCUT2D eigenvalue weighted by Crippen LogP contribution is 2.55. The highest BCUT2D eigenvalue weighted by molar-refractivity contribution is 7.00. The molecule has 0 radical (unpaired) electrons. The molecule has 4 heteroatoms. The first-order chi connectivity index (χ1) is 29.5. The molecule has 0 bridgehead atoms. The van der Waals surface area contributed by atoms with Gasteiger partial charge in [0.1, 0.15) is 0 Å². The summed E-state index contributed by atoms with van der Waals surface area (Å²) in [6, 6.07) is 48.2. The largest absolute Gasteiger partial charge is 0.307 e. The van der Waals surface area contributed by atoms with Crippen LogP contribution in [-0.2, 0) is 10.8 Å². The molecule has 0 fully saturated rings. The van der Waals surface area contributed by atoms with Crippen LogP contribution >= 0.6 is 0 Å². The summed E-state index contributed by atoms with van der Waals surface area (Å²) in [4.78, 5) is 5.30. The Balaban J connectivity index is 1.26. The van der Waals surface area contributed by atoms with Gasteiger partial charge in [-0.1, -0.05) is 183 Å². The van der Waals surface area contributed by atoms with Crippen molar-refractivity contribution in [2.24, 2.45) is 0 Å². The zero-order chi connectivity index (χ0) is 43.3. The lowest BCUT2D eigenvalue weighted by atomic mass is 9.33. The molecule has 62 heavy (non-hydrogen) atoms. The van der Waals surface area contributed by atoms with Gasteiger partial charge >= 0.3 is 0 Å². The average Bonchev–Trinajstić information content (AvgIpc) is 3.20. The molecule has 0 atom stereocenters. The van der Waals surface area contributed by atoms with Crippen LogP contribution in [0.15, 0.2) is 121 Å². The van der Waals surface area contributed by atoms with Crippen molar-refractivity contribution in [3.8, 4) is 0 Å². The Bertz CT molecular complexity index is 2990. The molecule has 3 aliphatic heterocycles. The van der Waals surface area contributed by atoms with Crippen LogP contribution in [0.3, 0.4) is 0 Å². The van der Waals surface area contributed by atoms with E-state index in [4.69, 9.17) is 0 Å². The average molecular weight is 803 g/mol. The van der Waals surface area contributed by atoms with Crippen molar-refractivity contribution in [1.29, 1.82) is 0 Å². The van der Waals surface area contributed by atoms with Crippen molar-refractivity contribution in [1.82, 2.24) is 0 Å². The molecular weight excluding hydrogens is 746 g/mol. The summed E-state index contributed by atoms with van der Waals surface area (Å²) >= 11 is 0. The normalized spacial score (nSPS) is 14.0. The number of rotatable bonds is 2. The molecule has 0 aliphatic carbocycles. The Kier molecular flexibility index (Phi) is 8.32. The van der Waals surface area contributed by atoms with Crippen molar-refractivity contribution in [2.75, 3.05) is 9.80 Å². The van der Waals surface area contributed by atoms with Crippen LogP contribution in [0.1, 0.15) is 86.1 Å². The fourth-order valence-electron chi connectivity index (χ4n) is 11.8. The molecule has 304 valence electrons. The van der Waals surface area contributed by atoms with Gasteiger partial charge in [0, 0.05) is 11.4 Å². The minimum Gasteiger partial charge on any atom is -0.307 e. The van der Waals surface area contributed by atoms with Crippen LogP contribution in [0, 0.1) is 41.5 Å². The van der Waals surface area contributed by atoms with Crippen molar-refractivity contribution in [2.45, 2.75) is 93.9 Å². The van der Waals surface area contributed by atoms with Gasteiger partial charge in [-0.2, -0.15) is 0 Å². The summed E-state index contributed by atoms with van der Waals surface area (Å²) in [5.41, 5.74) is 26.7. The molecule has 8 aromatic rings. The number of hydrogen-bond donors (Lipinski definition) is 0. The second-order valence-corrected chi connectivity index (χ2v) is 21.0. The maximum Gasteiger partial charge on any atom is 0.247 e. The lowest BCUT2D eigenvalue weighted by molar-refractivity contribution is 0.591. The van der Waals surface area contributed by atoms with E-state index in [0.29, 0.717) is 0 Å². The molecule has 11 rings (SSSR count). The second-order valence-electron chi connectivity index (χ2n) is 21.0. The number of nitrogens with zero attached hydrogens (tertiary/aromatic N) is 2. The van der Waals surface area contributed by atoms with Gasteiger partial charge in [0.25, 0.3) is 0 Å². The maximum atomic E-state index is 2.65. The Morgan fingerprint density at radius 2 is 0.726 bits per heavy atom. The lowest BCUT2D eigenvalue weighted by Crippen LogP contribution is -2.61. The predicted molar refractivity (Wildman–Crippen MR) is 272 cm³/mol. The molecule has 0 saturated carbocycles. The highest BCUT2D eigenvalue weighted by Gasteiger charge is 2.47. The molecule has 0 N–H and O–H groups in total. The number of hydrogen-bond acceptors (Lipinski definition) is 2. The molecule has 0 unspecified atom stereocenters. The zero-order valence-electron chi connectivity index (χ0n) is 38.6. The molecule has 2 nitrogen and oxygen atoms in total. The first-order valence-corrected chi connectivity index (χ1v) is 22.7. The van der Waals surface area contributed by atoms with E-state index in [9.17, 15) is 0 Å². The monoisotopic (exact) mass is 802 g/mol. The number of aryl methyl sites for hydroxylation is 6. The Hall–Kier alpha value is -5.99. The summed E-state index contributed by atoms with van der Waals surface area (Å²) < 4.78 is 0. The number of para-hydroxylation sites is 2. The van der Waals surface area contributed by atoms with Gasteiger partial charge in [-0.15, -0.1) is 0 Å². The van der Waals surface area contributed by atoms with Crippen molar-refractivity contribution in [3.63, 3.8) is 0 Å². The summed E-state index contributed by atoms with van der Waals surface area (Å²) in [7, 11) is 0. The highest BCUT2D eigenvalue weighted by atomic mass is 15.3. The Morgan fingerprint density at radius 1 is 0.355 bits per heavy atom. The van der Waals surface area contributed by atoms with Crippen LogP contribution < -0.4 is 42.6 Å². The summed E-state index contributed by atoms with van der Waals surface area (Å²) in [5, 5.41) is 5.16. The van der Waals surface area contributed by atoms with Gasteiger partial charge in [0.15, 0.2) is 0 Å². The van der Waals surface area contributed by atoms with Crippen molar-refractivity contribution < 1.29 is 0 Å². The van der Waals surface area contributed by atoms with Gasteiger partial charge in [0.2, 0.25) is 13.4 Å². The minimum atomic E-state index is 0.0513. The fourth-order valence-corrected chi connectivity index (χ4v) is 11.8. The van der Waals surface area contributed by atoms with Crippen LogP contribution in [0.25, 0.3) is 21.5 Å². The van der Waals surface area contributed by atoms with Crippen molar-refractivity contribution in [3.05, 3.63) is 166 Å². The Morgan fingerprint density at radius 3 is 1.08 bits per heavy atom. The van der Waals surface area contributed by atoms with E-state index in [0.717, 1.165) is 0 Å². The van der Waals surface area contributed by atoms with E-state index in [1.807, 2.05) is 0 Å². The fraction of sp³-hybridized carbons (Fsp3) is 0.241. The topological polar surface area (TPSA) is 6.48 Å². The molecule has 0 amide bonds. The molecule has 0 spiro atoms. The number of fused-ring (bicyclic) bond motifs is 8. The van der Waals surface area contributed by atoms with E-state index < -0.39 is 0 Å². The van der Waals surface area contributed by atoms with Gasteiger partial charge in [-0.3, -0.25) is 0 Å². The minimum absolute atomic E-state index is 0.0513. The summed E-state index contributed by atoms with van der Waals surface area (Å²) in [5.74, 6) is 0. The molecule has 0 saturated heterocycles. The third-order valence-electron chi connectivity index (χ3n) is 14.5. The van der Waals surface area contributed by atoms with Gasteiger partial charge in [0.05, 0.1) is 22.7 Å². The molecule has 3 heterocycles. The standard InChI is InChI=1S/C58H56B2N2/c1-33-23-35(3)53(36(4)24-33)59-45-15-13-17-49-55(45)61(51-31-39-19-21-43(57(7,8)9)27-41(39)29-47(51)59)50-18-14-16-46-56(50)62(49)52-32-40-20-22-44(58(10,11)12)28-42(40)30-48(52)60(46)54-37(5)25-34(2)26-38(54)6/h13-32H,1-12H3. The molecule has 3 aliphatic rings. The summed E-state index contributed by atoms with van der Waals surface area (Å²) in [6.45, 7) is 27.8. The van der Waals surface area contributed by atoms with E-state index in [-0.39, 0.29) is 24.3 Å². The maximum absolute atomic E-state index is 2.65. The van der Waals surface area contributed by atoms with Crippen LogP contribution in [0.4, 0.5) is 34.1 Å². The smallest absolute Gasteiger partial charge is 0.247 e. The molecular formula is C58H56B2N2. The number of anilines is 6. The van der Waals surface area contributed by atoms with Crippen LogP contribution in [-0.4, -0.2) is 13.4 Å². The van der Waals surface area contributed by atoms with Crippen LogP contribution in [0.5, 0.6) is 0 Å². The lowest BCUT2D eigenvalue weighted by Gasteiger charge is -2.49. The quantitative estimate of drug-likeness (QED) is 0.161. The number of benzene rings is 8. The van der Waals surface area contributed by atoms with Crippen molar-refractivity contribution >= 4 is 102 Å². The van der Waals surface area contributed by atoms with Gasteiger partial charge in [-0.25, -0.2) is 0 Å². The van der Waals surface area contributed by atoms with E-state index in [1.54, 1.807) is 0 Å². The first-order valence-electron chi connectivity index (χ1n) is 22.7. The summed E-state index contributed by atoms with van der Waals surface area (Å²) in [6.07, 6.45) is 0. The molecule has 0 aromatic heterocycles. The second kappa shape index (κ2) is 13.3. The third-order valence-corrected chi connectivity index (χ3v) is 14.5. The van der Waals surface area contributed by atoms with E-state index in [1.165, 1.54) is 133 Å². The third kappa shape index (κ3) is 5.64. The zero-order valence-corrected chi connectivity index (χ0v) is 38.6. The van der Waals surface area contributed by atoms with Gasteiger partial charge < -0.3 is 9.80 Å². The molecule has 8 aromatic carbocycles.